The quantitative estimate of drug-likeness (QED) is 0.621. The molecule has 0 bridgehead atoms. The summed E-state index contributed by atoms with van der Waals surface area (Å²) < 4.78 is 3.04. The molecule has 0 amide bonds. The first kappa shape index (κ1) is 9.64. The van der Waals surface area contributed by atoms with Crippen molar-refractivity contribution < 1.29 is 0 Å². The number of nitrogens with zero attached hydrogens (tertiary/aromatic N) is 1. The topological polar surface area (TPSA) is 22.0 Å². The molecule has 3 aromatic rings. The van der Waals surface area contributed by atoms with E-state index in [1.165, 1.54) is 4.26 Å². The first-order chi connectivity index (χ1) is 7.86. The second-order valence-electron chi connectivity index (χ2n) is 3.52. The third-order valence-corrected chi connectivity index (χ3v) is 4.82. The van der Waals surface area contributed by atoms with Gasteiger partial charge in [0.25, 0.3) is 0 Å². The summed E-state index contributed by atoms with van der Waals surface area (Å²) in [5.41, 5.74) is 1.12. The fraction of sp³-hybridized carbons (Fsp3) is 0. The third kappa shape index (κ3) is 1.45. The van der Waals surface area contributed by atoms with Crippen LogP contribution in [-0.4, -0.2) is 18.3 Å². The third-order valence-electron chi connectivity index (χ3n) is 2.48. The van der Waals surface area contributed by atoms with Gasteiger partial charge in [0.05, 0.1) is 0 Å². The van der Waals surface area contributed by atoms with Gasteiger partial charge in [-0.1, -0.05) is 0 Å². The van der Waals surface area contributed by atoms with Crippen LogP contribution < -0.4 is 5.56 Å². The monoisotopic (exact) mass is 272 g/mol. The van der Waals surface area contributed by atoms with Crippen molar-refractivity contribution in [2.75, 3.05) is 0 Å². The molecule has 0 aliphatic carbocycles. The van der Waals surface area contributed by atoms with Crippen LogP contribution in [0.5, 0.6) is 0 Å². The molecule has 3 heteroatoms. The molecule has 0 unspecified atom stereocenters. The van der Waals surface area contributed by atoms with E-state index in [0.29, 0.717) is 0 Å². The summed E-state index contributed by atoms with van der Waals surface area (Å²) in [4.78, 5) is 12.1. The number of aromatic nitrogens is 1. The minimum atomic E-state index is 0.0784. The predicted octanol–water partition coefficient (Wildman–Crippen LogP) is 2.05. The SMILES string of the molecule is O=c1c2ccccc2[77se]n1-c1ccccc1. The number of hydrogen-bond acceptors (Lipinski definition) is 1. The van der Waals surface area contributed by atoms with Crippen molar-refractivity contribution in [1.29, 1.82) is 0 Å². The normalized spacial score (nSPS) is 10.8. The van der Waals surface area contributed by atoms with E-state index in [1.807, 2.05) is 58.2 Å². The first-order valence-electron chi connectivity index (χ1n) is 5.03. The molecule has 0 saturated carbocycles. The van der Waals surface area contributed by atoms with Crippen LogP contribution in [0.25, 0.3) is 15.3 Å². The summed E-state index contributed by atoms with van der Waals surface area (Å²) in [6, 6.07) is 17.7. The van der Waals surface area contributed by atoms with Gasteiger partial charge in [0, 0.05) is 0 Å². The number of fused-ring (bicyclic) bond motifs is 1. The van der Waals surface area contributed by atoms with Crippen molar-refractivity contribution in [3.63, 3.8) is 0 Å². The zero-order chi connectivity index (χ0) is 11.0. The molecule has 0 saturated heterocycles. The van der Waals surface area contributed by atoms with Crippen LogP contribution in [0.4, 0.5) is 0 Å². The molecule has 0 aliphatic heterocycles. The minimum absolute atomic E-state index is 0.0784. The number of hydrogen-bond donors (Lipinski definition) is 0. The van der Waals surface area contributed by atoms with Gasteiger partial charge in [-0.05, 0) is 0 Å². The Morgan fingerprint density at radius 3 is 2.31 bits per heavy atom. The second-order valence-corrected chi connectivity index (χ2v) is 5.59. The number of benzene rings is 2. The van der Waals surface area contributed by atoms with E-state index in [2.05, 4.69) is 0 Å². The summed E-state index contributed by atoms with van der Waals surface area (Å²) in [7, 11) is 0. The van der Waals surface area contributed by atoms with Crippen LogP contribution in [-0.2, 0) is 0 Å². The fourth-order valence-corrected chi connectivity index (χ4v) is 3.80. The zero-order valence-electron chi connectivity index (χ0n) is 8.46. The second kappa shape index (κ2) is 3.78. The molecule has 0 fully saturated rings. The summed E-state index contributed by atoms with van der Waals surface area (Å²) in [5, 5.41) is 0.853. The molecule has 0 spiro atoms. The van der Waals surface area contributed by atoms with Crippen LogP contribution in [0, 0.1) is 0 Å². The zero-order valence-corrected chi connectivity index (χ0v) is 10.2. The van der Waals surface area contributed by atoms with Gasteiger partial charge in [0.15, 0.2) is 0 Å². The molecule has 0 atom stereocenters. The summed E-state index contributed by atoms with van der Waals surface area (Å²) >= 11 is 0.0784. The number of para-hydroxylation sites is 1. The Morgan fingerprint density at radius 1 is 0.875 bits per heavy atom. The van der Waals surface area contributed by atoms with Crippen molar-refractivity contribution in [2.45, 2.75) is 0 Å². The maximum absolute atomic E-state index is 12.1. The van der Waals surface area contributed by atoms with E-state index >= 15 is 0 Å². The van der Waals surface area contributed by atoms with Crippen LogP contribution in [0.15, 0.2) is 59.4 Å². The van der Waals surface area contributed by atoms with E-state index in [9.17, 15) is 4.79 Å². The molecular formula is C13H9NOSe. The van der Waals surface area contributed by atoms with Crippen LogP contribution in [0.2, 0.25) is 0 Å². The van der Waals surface area contributed by atoms with Crippen molar-refractivity contribution >= 4 is 24.4 Å². The number of rotatable bonds is 1. The molecule has 0 aliphatic rings. The van der Waals surface area contributed by atoms with E-state index in [-0.39, 0.29) is 20.3 Å². The van der Waals surface area contributed by atoms with Crippen molar-refractivity contribution in [3.8, 4) is 5.69 Å². The Hall–Kier alpha value is -1.57. The standard InChI is InChI=1S/C13H9NOSe/c15-13-11-8-4-5-9-12(11)16-14(13)10-6-2-1-3-7-10/h1-9H/i16-2. The molecule has 1 aromatic heterocycles. The van der Waals surface area contributed by atoms with E-state index in [0.717, 1.165) is 11.1 Å². The molecule has 16 heavy (non-hydrogen) atoms. The van der Waals surface area contributed by atoms with Crippen LogP contribution >= 0.6 is 0 Å². The fourth-order valence-electron chi connectivity index (χ4n) is 1.71. The van der Waals surface area contributed by atoms with E-state index in [1.54, 1.807) is 0 Å². The molecule has 78 valence electrons. The summed E-state index contributed by atoms with van der Waals surface area (Å²) in [5.74, 6) is 0. The van der Waals surface area contributed by atoms with Gasteiger partial charge in [0.1, 0.15) is 0 Å². The Morgan fingerprint density at radius 2 is 1.56 bits per heavy atom. The van der Waals surface area contributed by atoms with E-state index in [4.69, 9.17) is 0 Å². The Balaban J connectivity index is 2.34. The predicted molar refractivity (Wildman–Crippen MR) is 66.5 cm³/mol. The first-order valence-corrected chi connectivity index (χ1v) is 6.65. The molecule has 2 aromatic carbocycles. The van der Waals surface area contributed by atoms with Crippen molar-refractivity contribution in [2.24, 2.45) is 0 Å². The van der Waals surface area contributed by atoms with Crippen LogP contribution in [0.1, 0.15) is 0 Å². The maximum atomic E-state index is 12.1. The van der Waals surface area contributed by atoms with Gasteiger partial charge in [0.2, 0.25) is 0 Å². The molecule has 1 heterocycles. The van der Waals surface area contributed by atoms with Gasteiger partial charge in [-0.2, -0.15) is 0 Å². The molecule has 3 rings (SSSR count). The molecule has 0 radical (unpaired) electrons. The average Bonchev–Trinajstić information content (AvgIpc) is 2.69. The van der Waals surface area contributed by atoms with Gasteiger partial charge >= 0.3 is 98.6 Å². The Labute approximate surface area is 98.7 Å². The van der Waals surface area contributed by atoms with Crippen LogP contribution in [0.3, 0.4) is 0 Å². The summed E-state index contributed by atoms with van der Waals surface area (Å²) in [6.45, 7) is 0. The van der Waals surface area contributed by atoms with Crippen molar-refractivity contribution in [3.05, 3.63) is 65.0 Å². The Bertz CT molecular complexity index is 682. The van der Waals surface area contributed by atoms with Gasteiger partial charge in [-0.15, -0.1) is 0 Å². The Kier molecular flexibility index (Phi) is 2.28. The molecule has 0 N–H and O–H groups in total. The molecule has 2 nitrogen and oxygen atoms in total. The summed E-state index contributed by atoms with van der Waals surface area (Å²) in [6.07, 6.45) is 0. The van der Waals surface area contributed by atoms with Gasteiger partial charge in [-0.3, -0.25) is 0 Å². The van der Waals surface area contributed by atoms with Gasteiger partial charge < -0.3 is 0 Å². The van der Waals surface area contributed by atoms with Crippen molar-refractivity contribution in [1.82, 2.24) is 3.56 Å². The average molecular weight is 272 g/mol. The van der Waals surface area contributed by atoms with Gasteiger partial charge in [-0.25, -0.2) is 0 Å². The van der Waals surface area contributed by atoms with E-state index < -0.39 is 0 Å². The molecular weight excluding hydrogens is 263 g/mol.